The number of carbonyl (C=O) groups is 1. The topological polar surface area (TPSA) is 20.3 Å². The first kappa shape index (κ1) is 10.7. The molecule has 1 aliphatic carbocycles. The van der Waals surface area contributed by atoms with Gasteiger partial charge in [0.25, 0.3) is 0 Å². The van der Waals surface area contributed by atoms with Crippen LogP contribution in [0, 0.1) is 11.8 Å². The maximum Gasteiger partial charge on any atom is 0.149 e. The van der Waals surface area contributed by atoms with Crippen LogP contribution in [0.15, 0.2) is 0 Å². The first-order valence-corrected chi connectivity index (χ1v) is 5.34. The average molecular weight is 183 g/mol. The maximum absolute atomic E-state index is 11.4. The SMILES string of the molecule is CCC(C)CN(C)CC(=O)C1CC1. The fourth-order valence-electron chi connectivity index (χ4n) is 1.53. The van der Waals surface area contributed by atoms with Crippen molar-refractivity contribution in [2.24, 2.45) is 11.8 Å². The number of ketones is 1. The van der Waals surface area contributed by atoms with Crippen LogP contribution in [-0.4, -0.2) is 30.8 Å². The van der Waals surface area contributed by atoms with Gasteiger partial charge >= 0.3 is 0 Å². The number of nitrogens with zero attached hydrogens (tertiary/aromatic N) is 1. The molecule has 0 aromatic carbocycles. The van der Waals surface area contributed by atoms with Crippen molar-refractivity contribution in [2.45, 2.75) is 33.1 Å². The molecule has 76 valence electrons. The Morgan fingerprint density at radius 1 is 1.54 bits per heavy atom. The summed E-state index contributed by atoms with van der Waals surface area (Å²) in [5.74, 6) is 1.57. The van der Waals surface area contributed by atoms with Crippen LogP contribution in [0.3, 0.4) is 0 Å². The summed E-state index contributed by atoms with van der Waals surface area (Å²) in [6.45, 7) is 6.14. The molecule has 0 spiro atoms. The molecule has 13 heavy (non-hydrogen) atoms. The minimum absolute atomic E-state index is 0.416. The molecule has 0 aliphatic heterocycles. The van der Waals surface area contributed by atoms with Crippen LogP contribution in [-0.2, 0) is 4.79 Å². The largest absolute Gasteiger partial charge is 0.299 e. The van der Waals surface area contributed by atoms with Crippen molar-refractivity contribution in [3.05, 3.63) is 0 Å². The highest BCUT2D eigenvalue weighted by Crippen LogP contribution is 2.29. The van der Waals surface area contributed by atoms with Gasteiger partial charge in [0.15, 0.2) is 0 Å². The lowest BCUT2D eigenvalue weighted by atomic mass is 10.1. The molecule has 0 amide bonds. The predicted octanol–water partition coefficient (Wildman–Crippen LogP) is 1.94. The van der Waals surface area contributed by atoms with E-state index < -0.39 is 0 Å². The smallest absolute Gasteiger partial charge is 0.149 e. The van der Waals surface area contributed by atoms with Gasteiger partial charge in [-0.25, -0.2) is 0 Å². The number of rotatable bonds is 6. The third-order valence-electron chi connectivity index (χ3n) is 2.78. The van der Waals surface area contributed by atoms with E-state index in [9.17, 15) is 4.79 Å². The summed E-state index contributed by atoms with van der Waals surface area (Å²) in [5.41, 5.74) is 0. The number of Topliss-reactive ketones (excluding diaryl/α,β-unsaturated/α-hetero) is 1. The molecule has 1 unspecified atom stereocenters. The fraction of sp³-hybridized carbons (Fsp3) is 0.909. The molecule has 2 heteroatoms. The van der Waals surface area contributed by atoms with Gasteiger partial charge in [0.2, 0.25) is 0 Å². The molecular formula is C11H21NO. The Labute approximate surface area is 81.3 Å². The second-order valence-electron chi connectivity index (χ2n) is 4.45. The Hall–Kier alpha value is -0.370. The van der Waals surface area contributed by atoms with Crippen molar-refractivity contribution in [2.75, 3.05) is 20.1 Å². The van der Waals surface area contributed by atoms with Crippen molar-refractivity contribution in [1.82, 2.24) is 4.90 Å². The monoisotopic (exact) mass is 183 g/mol. The van der Waals surface area contributed by atoms with Gasteiger partial charge < -0.3 is 0 Å². The Morgan fingerprint density at radius 2 is 2.15 bits per heavy atom. The van der Waals surface area contributed by atoms with E-state index in [1.54, 1.807) is 0 Å². The lowest BCUT2D eigenvalue weighted by Gasteiger charge is -2.19. The number of likely N-dealkylation sites (N-methyl/N-ethyl adjacent to an activating group) is 1. The summed E-state index contributed by atoms with van der Waals surface area (Å²) in [7, 11) is 2.05. The van der Waals surface area contributed by atoms with E-state index in [1.165, 1.54) is 6.42 Å². The molecule has 0 radical (unpaired) electrons. The zero-order valence-electron chi connectivity index (χ0n) is 9.05. The number of hydrogen-bond donors (Lipinski definition) is 0. The fourth-order valence-corrected chi connectivity index (χ4v) is 1.53. The Kier molecular flexibility index (Phi) is 3.91. The van der Waals surface area contributed by atoms with E-state index in [2.05, 4.69) is 18.7 Å². The molecule has 0 bridgehead atoms. The molecule has 1 rings (SSSR count). The lowest BCUT2D eigenvalue weighted by molar-refractivity contribution is -0.121. The maximum atomic E-state index is 11.4. The molecule has 0 aromatic heterocycles. The van der Waals surface area contributed by atoms with Crippen molar-refractivity contribution < 1.29 is 4.79 Å². The van der Waals surface area contributed by atoms with Crippen LogP contribution in [0.1, 0.15) is 33.1 Å². The standard InChI is InChI=1S/C11H21NO/c1-4-9(2)7-12(3)8-11(13)10-5-6-10/h9-10H,4-8H2,1-3H3. The minimum atomic E-state index is 0.416. The molecule has 1 saturated carbocycles. The number of hydrogen-bond acceptors (Lipinski definition) is 2. The first-order chi connectivity index (χ1) is 6.13. The van der Waals surface area contributed by atoms with Crippen molar-refractivity contribution in [1.29, 1.82) is 0 Å². The van der Waals surface area contributed by atoms with Crippen LogP contribution in [0.25, 0.3) is 0 Å². The van der Waals surface area contributed by atoms with E-state index >= 15 is 0 Å². The second kappa shape index (κ2) is 4.75. The highest BCUT2D eigenvalue weighted by molar-refractivity contribution is 5.84. The molecular weight excluding hydrogens is 162 g/mol. The van der Waals surface area contributed by atoms with Crippen LogP contribution < -0.4 is 0 Å². The molecule has 0 saturated heterocycles. The quantitative estimate of drug-likeness (QED) is 0.627. The molecule has 2 nitrogen and oxygen atoms in total. The van der Waals surface area contributed by atoms with Gasteiger partial charge in [-0.3, -0.25) is 9.69 Å². The minimum Gasteiger partial charge on any atom is -0.299 e. The lowest BCUT2D eigenvalue weighted by Crippen LogP contribution is -2.30. The van der Waals surface area contributed by atoms with Gasteiger partial charge in [0, 0.05) is 12.5 Å². The summed E-state index contributed by atoms with van der Waals surface area (Å²) in [6.07, 6.45) is 3.47. The zero-order chi connectivity index (χ0) is 9.84. The molecule has 0 heterocycles. The van der Waals surface area contributed by atoms with Gasteiger partial charge in [-0.05, 0) is 25.8 Å². The Morgan fingerprint density at radius 3 is 2.62 bits per heavy atom. The summed E-state index contributed by atoms with van der Waals surface area (Å²) >= 11 is 0. The molecule has 1 aliphatic rings. The van der Waals surface area contributed by atoms with E-state index in [4.69, 9.17) is 0 Å². The van der Waals surface area contributed by atoms with Crippen LogP contribution in [0.5, 0.6) is 0 Å². The highest BCUT2D eigenvalue weighted by Gasteiger charge is 2.29. The van der Waals surface area contributed by atoms with Gasteiger partial charge in [-0.15, -0.1) is 0 Å². The van der Waals surface area contributed by atoms with Crippen LogP contribution in [0.4, 0.5) is 0 Å². The molecule has 1 atom stereocenters. The van der Waals surface area contributed by atoms with Crippen molar-refractivity contribution in [3.8, 4) is 0 Å². The third kappa shape index (κ3) is 3.90. The Balaban J connectivity index is 2.15. The zero-order valence-corrected chi connectivity index (χ0v) is 9.05. The normalized spacial score (nSPS) is 19.1. The summed E-state index contributed by atoms with van der Waals surface area (Å²) < 4.78 is 0. The first-order valence-electron chi connectivity index (χ1n) is 5.34. The third-order valence-corrected chi connectivity index (χ3v) is 2.78. The van der Waals surface area contributed by atoms with Crippen molar-refractivity contribution >= 4 is 5.78 Å². The Bertz CT molecular complexity index is 175. The van der Waals surface area contributed by atoms with Gasteiger partial charge in [-0.2, -0.15) is 0 Å². The molecule has 0 aromatic rings. The van der Waals surface area contributed by atoms with E-state index in [-0.39, 0.29) is 0 Å². The number of carbonyl (C=O) groups excluding carboxylic acids is 1. The molecule has 1 fully saturated rings. The summed E-state index contributed by atoms with van der Waals surface area (Å²) in [4.78, 5) is 13.6. The van der Waals surface area contributed by atoms with Gasteiger partial charge in [0.05, 0.1) is 6.54 Å². The highest BCUT2D eigenvalue weighted by atomic mass is 16.1. The van der Waals surface area contributed by atoms with Gasteiger partial charge in [-0.1, -0.05) is 20.3 Å². The summed E-state index contributed by atoms with van der Waals surface area (Å²) in [5, 5.41) is 0. The predicted molar refractivity (Wildman–Crippen MR) is 54.7 cm³/mol. The van der Waals surface area contributed by atoms with Crippen LogP contribution in [0.2, 0.25) is 0 Å². The van der Waals surface area contributed by atoms with E-state index in [1.807, 2.05) is 7.05 Å². The van der Waals surface area contributed by atoms with E-state index in [0.29, 0.717) is 24.2 Å². The average Bonchev–Trinajstić information content (AvgIpc) is 2.85. The molecule has 0 N–H and O–H groups in total. The summed E-state index contributed by atoms with van der Waals surface area (Å²) in [6, 6.07) is 0. The second-order valence-corrected chi connectivity index (χ2v) is 4.45. The van der Waals surface area contributed by atoms with Crippen molar-refractivity contribution in [3.63, 3.8) is 0 Å². The van der Waals surface area contributed by atoms with Gasteiger partial charge in [0.1, 0.15) is 5.78 Å². The van der Waals surface area contributed by atoms with Crippen LogP contribution >= 0.6 is 0 Å². The van der Waals surface area contributed by atoms with E-state index in [0.717, 1.165) is 19.4 Å².